The third-order valence-electron chi connectivity index (χ3n) is 2.52. The van der Waals surface area contributed by atoms with E-state index >= 15 is 0 Å². The predicted molar refractivity (Wildman–Crippen MR) is 69.6 cm³/mol. The molecular formula is C10H9F5N2O2S2. The number of sulfonamides is 1. The largest absolute Gasteiger partial charge is 0.392 e. The molecule has 0 saturated heterocycles. The Morgan fingerprint density at radius 1 is 1.10 bits per heavy atom. The molecule has 1 rings (SSSR count). The number of nitrogens with two attached hydrogens (primary N) is 1. The van der Waals surface area contributed by atoms with Gasteiger partial charge >= 0.3 is 0 Å². The summed E-state index contributed by atoms with van der Waals surface area (Å²) in [6.07, 6.45) is -0.153. The molecule has 0 spiro atoms. The van der Waals surface area contributed by atoms with Gasteiger partial charge in [0.15, 0.2) is 23.3 Å². The minimum absolute atomic E-state index is 0.153. The lowest BCUT2D eigenvalue weighted by Crippen LogP contribution is -2.38. The molecule has 1 aromatic rings. The van der Waals surface area contributed by atoms with Crippen LogP contribution in [0.5, 0.6) is 0 Å². The van der Waals surface area contributed by atoms with E-state index in [1.54, 1.807) is 0 Å². The molecule has 0 fully saturated rings. The zero-order valence-corrected chi connectivity index (χ0v) is 12.0. The maximum absolute atomic E-state index is 13.4. The fraction of sp³-hybridized carbons (Fsp3) is 0.300. The zero-order chi connectivity index (χ0) is 16.5. The molecule has 0 aliphatic rings. The number of benzene rings is 1. The molecule has 0 radical (unpaired) electrons. The highest BCUT2D eigenvalue weighted by atomic mass is 32.2. The van der Waals surface area contributed by atoms with Gasteiger partial charge in [0, 0.05) is 0 Å². The number of anilines is 1. The van der Waals surface area contributed by atoms with Crippen molar-refractivity contribution in [1.29, 1.82) is 0 Å². The zero-order valence-electron chi connectivity index (χ0n) is 10.4. The van der Waals surface area contributed by atoms with E-state index in [0.29, 0.717) is 0 Å². The Labute approximate surface area is 122 Å². The monoisotopic (exact) mass is 348 g/mol. The average Bonchev–Trinajstić information content (AvgIpc) is 2.39. The molecule has 0 aromatic heterocycles. The van der Waals surface area contributed by atoms with Crippen LogP contribution < -0.4 is 10.5 Å². The van der Waals surface area contributed by atoms with Crippen LogP contribution in [-0.2, 0) is 10.0 Å². The summed E-state index contributed by atoms with van der Waals surface area (Å²) < 4.78 is 90.5. The van der Waals surface area contributed by atoms with Crippen molar-refractivity contribution in [3.8, 4) is 0 Å². The molecule has 21 heavy (non-hydrogen) atoms. The van der Waals surface area contributed by atoms with E-state index in [0.717, 1.165) is 0 Å². The molecule has 118 valence electrons. The molecule has 1 unspecified atom stereocenters. The highest BCUT2D eigenvalue weighted by molar-refractivity contribution is 7.95. The van der Waals surface area contributed by atoms with E-state index in [-0.39, 0.29) is 6.42 Å². The van der Waals surface area contributed by atoms with Crippen LogP contribution in [0.2, 0.25) is 0 Å². The van der Waals surface area contributed by atoms with Gasteiger partial charge in [-0.15, -0.1) is 0 Å². The van der Waals surface area contributed by atoms with Crippen LogP contribution >= 0.6 is 12.2 Å². The van der Waals surface area contributed by atoms with E-state index in [2.05, 4.69) is 12.2 Å². The molecule has 0 aliphatic heterocycles. The summed E-state index contributed by atoms with van der Waals surface area (Å²) >= 11 is 4.48. The lowest BCUT2D eigenvalue weighted by atomic mass is 10.2. The molecule has 0 heterocycles. The Kier molecular flexibility index (Phi) is 5.10. The van der Waals surface area contributed by atoms with Crippen LogP contribution in [0.15, 0.2) is 0 Å². The summed E-state index contributed by atoms with van der Waals surface area (Å²) in [6, 6.07) is 0. The molecule has 0 amide bonds. The molecule has 0 saturated carbocycles. The highest BCUT2D eigenvalue weighted by Crippen LogP contribution is 2.28. The van der Waals surface area contributed by atoms with Gasteiger partial charge in [-0.1, -0.05) is 19.1 Å². The Morgan fingerprint density at radius 2 is 1.48 bits per heavy atom. The van der Waals surface area contributed by atoms with Crippen molar-refractivity contribution >= 4 is 32.9 Å². The Bertz CT molecular complexity index is 664. The first-order chi connectivity index (χ1) is 9.54. The van der Waals surface area contributed by atoms with Gasteiger partial charge < -0.3 is 5.73 Å². The molecule has 4 nitrogen and oxygen atoms in total. The number of thiocarbonyl (C=S) groups is 1. The fourth-order valence-electron chi connectivity index (χ4n) is 1.48. The van der Waals surface area contributed by atoms with E-state index in [9.17, 15) is 30.4 Å². The summed E-state index contributed by atoms with van der Waals surface area (Å²) in [5, 5.41) is -1.53. The Hall–Kier alpha value is -1.49. The number of halogens is 5. The number of hydrogen-bond donors (Lipinski definition) is 2. The molecule has 3 N–H and O–H groups in total. The summed E-state index contributed by atoms with van der Waals surface area (Å²) in [5.74, 6) is -11.5. The highest BCUT2D eigenvalue weighted by Gasteiger charge is 2.32. The maximum atomic E-state index is 13.4. The van der Waals surface area contributed by atoms with Crippen molar-refractivity contribution in [2.45, 2.75) is 18.6 Å². The SMILES string of the molecule is CCC(C(N)=S)S(=O)(=O)Nc1c(F)c(F)c(F)c(F)c1F. The molecule has 1 atom stereocenters. The normalized spacial score (nSPS) is 13.0. The van der Waals surface area contributed by atoms with Crippen molar-refractivity contribution in [3.63, 3.8) is 0 Å². The summed E-state index contributed by atoms with van der Waals surface area (Å²) in [4.78, 5) is -0.506. The van der Waals surface area contributed by atoms with Crippen LogP contribution in [0.25, 0.3) is 0 Å². The van der Waals surface area contributed by atoms with Crippen LogP contribution in [-0.4, -0.2) is 18.7 Å². The van der Waals surface area contributed by atoms with Gasteiger partial charge in [-0.2, -0.15) is 0 Å². The summed E-state index contributed by atoms with van der Waals surface area (Å²) in [7, 11) is -4.57. The number of nitrogens with one attached hydrogen (secondary N) is 1. The minimum atomic E-state index is -4.57. The Morgan fingerprint density at radius 3 is 1.81 bits per heavy atom. The van der Waals surface area contributed by atoms with Crippen molar-refractivity contribution in [2.75, 3.05) is 4.72 Å². The predicted octanol–water partition coefficient (Wildman–Crippen LogP) is 2.19. The average molecular weight is 348 g/mol. The molecular weight excluding hydrogens is 339 g/mol. The molecule has 11 heteroatoms. The number of rotatable bonds is 5. The third kappa shape index (κ3) is 3.23. The second kappa shape index (κ2) is 6.10. The van der Waals surface area contributed by atoms with E-state index < -0.39 is 55.0 Å². The van der Waals surface area contributed by atoms with Gasteiger partial charge in [-0.25, -0.2) is 30.4 Å². The molecule has 0 aliphatic carbocycles. The summed E-state index contributed by atoms with van der Waals surface area (Å²) in [6.45, 7) is 1.36. The Balaban J connectivity index is 3.42. The quantitative estimate of drug-likeness (QED) is 0.370. The molecule has 1 aromatic carbocycles. The van der Waals surface area contributed by atoms with Crippen LogP contribution in [0.1, 0.15) is 13.3 Å². The standard InChI is InChI=1S/C10H9F5N2O2S2/c1-2-3(10(16)20)21(18,19)17-9-7(14)5(12)4(11)6(13)8(9)15/h3,17H,2H2,1H3,(H2,16,20). The second-order valence-electron chi connectivity index (χ2n) is 3.89. The maximum Gasteiger partial charge on any atom is 0.242 e. The van der Waals surface area contributed by atoms with Crippen molar-refractivity contribution in [1.82, 2.24) is 0 Å². The van der Waals surface area contributed by atoms with E-state index in [1.807, 2.05) is 0 Å². The van der Waals surface area contributed by atoms with E-state index in [1.165, 1.54) is 11.6 Å². The van der Waals surface area contributed by atoms with Crippen LogP contribution in [0.4, 0.5) is 27.6 Å². The van der Waals surface area contributed by atoms with Gasteiger partial charge in [0.05, 0.1) is 4.99 Å². The lowest BCUT2D eigenvalue weighted by Gasteiger charge is -2.17. The van der Waals surface area contributed by atoms with Crippen molar-refractivity contribution in [2.24, 2.45) is 5.73 Å². The van der Waals surface area contributed by atoms with E-state index in [4.69, 9.17) is 5.73 Å². The molecule has 0 bridgehead atoms. The smallest absolute Gasteiger partial charge is 0.242 e. The third-order valence-corrected chi connectivity index (χ3v) is 4.78. The van der Waals surface area contributed by atoms with Crippen molar-refractivity contribution < 1.29 is 30.4 Å². The number of hydrogen-bond acceptors (Lipinski definition) is 3. The first kappa shape index (κ1) is 17.6. The fourth-order valence-corrected chi connectivity index (χ4v) is 3.38. The topological polar surface area (TPSA) is 72.2 Å². The first-order valence-corrected chi connectivity index (χ1v) is 7.32. The lowest BCUT2D eigenvalue weighted by molar-refractivity contribution is 0.382. The van der Waals surface area contributed by atoms with Gasteiger partial charge in [0.25, 0.3) is 0 Å². The van der Waals surface area contributed by atoms with Gasteiger partial charge in [0.2, 0.25) is 15.8 Å². The van der Waals surface area contributed by atoms with Crippen LogP contribution in [0.3, 0.4) is 0 Å². The van der Waals surface area contributed by atoms with Crippen molar-refractivity contribution in [3.05, 3.63) is 29.1 Å². The first-order valence-electron chi connectivity index (χ1n) is 5.36. The van der Waals surface area contributed by atoms with Gasteiger partial charge in [-0.05, 0) is 6.42 Å². The minimum Gasteiger partial charge on any atom is -0.392 e. The second-order valence-corrected chi connectivity index (χ2v) is 6.23. The summed E-state index contributed by atoms with van der Waals surface area (Å²) in [5.41, 5.74) is 3.48. The van der Waals surface area contributed by atoms with Crippen LogP contribution in [0, 0.1) is 29.1 Å². The van der Waals surface area contributed by atoms with Gasteiger partial charge in [0.1, 0.15) is 10.9 Å². The van der Waals surface area contributed by atoms with Gasteiger partial charge in [-0.3, -0.25) is 4.72 Å².